The van der Waals surface area contributed by atoms with E-state index in [1.807, 2.05) is 36.5 Å². The van der Waals surface area contributed by atoms with Crippen LogP contribution in [0, 0.1) is 0 Å². The highest BCUT2D eigenvalue weighted by Gasteiger charge is 2.19. The number of rotatable bonds is 5. The molecule has 1 aromatic carbocycles. The highest BCUT2D eigenvalue weighted by molar-refractivity contribution is 7.86. The molecule has 1 fully saturated rings. The van der Waals surface area contributed by atoms with Gasteiger partial charge in [0.15, 0.2) is 0 Å². The first-order valence-corrected chi connectivity index (χ1v) is 11.0. The number of imidazole rings is 1. The van der Waals surface area contributed by atoms with Gasteiger partial charge in [-0.25, -0.2) is 4.98 Å². The predicted octanol–water partition coefficient (Wildman–Crippen LogP) is 4.08. The summed E-state index contributed by atoms with van der Waals surface area (Å²) < 4.78 is 29.6. The molecule has 0 radical (unpaired) electrons. The summed E-state index contributed by atoms with van der Waals surface area (Å²) in [5.41, 5.74) is 2.65. The number of anilines is 1. The van der Waals surface area contributed by atoms with Crippen molar-refractivity contribution in [2.45, 2.75) is 38.1 Å². The van der Waals surface area contributed by atoms with E-state index in [2.05, 4.69) is 9.72 Å². The first-order valence-electron chi connectivity index (χ1n) is 9.23. The van der Waals surface area contributed by atoms with Crippen molar-refractivity contribution in [2.24, 2.45) is 0 Å². The molecule has 3 aromatic rings. The van der Waals surface area contributed by atoms with Crippen molar-refractivity contribution in [1.29, 1.82) is 0 Å². The fourth-order valence-electron chi connectivity index (χ4n) is 3.62. The Morgan fingerprint density at radius 3 is 2.52 bits per heavy atom. The summed E-state index contributed by atoms with van der Waals surface area (Å²) in [7, 11) is -3.53. The van der Waals surface area contributed by atoms with Gasteiger partial charge >= 0.3 is 10.1 Å². The molecular weight excluding hydrogens is 362 g/mol. The summed E-state index contributed by atoms with van der Waals surface area (Å²) in [5.74, 6) is 1.28. The van der Waals surface area contributed by atoms with E-state index < -0.39 is 10.1 Å². The van der Waals surface area contributed by atoms with Gasteiger partial charge < -0.3 is 9.50 Å². The summed E-state index contributed by atoms with van der Waals surface area (Å²) in [4.78, 5) is 4.79. The second kappa shape index (κ2) is 7.23. The van der Waals surface area contributed by atoms with Crippen molar-refractivity contribution in [1.82, 2.24) is 9.38 Å². The average Bonchev–Trinajstić information content (AvgIpc) is 3.01. The molecule has 0 saturated heterocycles. The lowest BCUT2D eigenvalue weighted by Gasteiger charge is -2.24. The number of pyridine rings is 1. The molecule has 142 valence electrons. The first-order chi connectivity index (χ1) is 13.0. The van der Waals surface area contributed by atoms with E-state index in [1.165, 1.54) is 32.1 Å². The molecule has 1 N–H and O–H groups in total. The van der Waals surface area contributed by atoms with Gasteiger partial charge in [0.2, 0.25) is 0 Å². The Morgan fingerprint density at radius 1 is 1.07 bits per heavy atom. The fraction of sp³-hybridized carbons (Fsp3) is 0.350. The number of hydrogen-bond donors (Lipinski definition) is 1. The quantitative estimate of drug-likeness (QED) is 0.670. The fourth-order valence-corrected chi connectivity index (χ4v) is 4.08. The van der Waals surface area contributed by atoms with Crippen LogP contribution in [0.4, 0.5) is 5.82 Å². The minimum atomic E-state index is -3.53. The van der Waals surface area contributed by atoms with E-state index in [1.54, 1.807) is 12.1 Å². The summed E-state index contributed by atoms with van der Waals surface area (Å²) >= 11 is 0. The highest BCUT2D eigenvalue weighted by atomic mass is 32.2. The first kappa shape index (κ1) is 17.9. The van der Waals surface area contributed by atoms with Crippen molar-refractivity contribution in [3.8, 4) is 17.0 Å². The Morgan fingerprint density at radius 2 is 1.81 bits per heavy atom. The second-order valence-corrected chi connectivity index (χ2v) is 8.60. The molecule has 1 aliphatic carbocycles. The van der Waals surface area contributed by atoms with E-state index in [9.17, 15) is 8.42 Å². The van der Waals surface area contributed by atoms with Gasteiger partial charge in [-0.3, -0.25) is 4.40 Å². The van der Waals surface area contributed by atoms with E-state index in [-0.39, 0.29) is 0 Å². The normalized spacial score (nSPS) is 15.7. The Kier molecular flexibility index (Phi) is 4.78. The Hall–Kier alpha value is -2.54. The van der Waals surface area contributed by atoms with Crippen LogP contribution in [0.3, 0.4) is 0 Å². The number of aromatic nitrogens is 2. The van der Waals surface area contributed by atoms with Gasteiger partial charge in [-0.1, -0.05) is 25.3 Å². The molecule has 6 nitrogen and oxygen atoms in total. The van der Waals surface area contributed by atoms with Gasteiger partial charge in [-0.2, -0.15) is 8.42 Å². The van der Waals surface area contributed by atoms with Crippen LogP contribution >= 0.6 is 0 Å². The van der Waals surface area contributed by atoms with Crippen molar-refractivity contribution in [3.63, 3.8) is 0 Å². The second-order valence-electron chi connectivity index (χ2n) is 7.03. The van der Waals surface area contributed by atoms with E-state index in [0.717, 1.165) is 29.0 Å². The van der Waals surface area contributed by atoms with E-state index in [0.29, 0.717) is 11.8 Å². The van der Waals surface area contributed by atoms with Gasteiger partial charge in [0.25, 0.3) is 0 Å². The molecule has 0 bridgehead atoms. The number of fused-ring (bicyclic) bond motifs is 1. The summed E-state index contributed by atoms with van der Waals surface area (Å²) in [5, 5.41) is 3.70. The molecule has 2 heterocycles. The predicted molar refractivity (Wildman–Crippen MR) is 107 cm³/mol. The smallest absolute Gasteiger partial charge is 0.306 e. The molecular formula is C20H23N3O3S. The number of nitrogens with zero attached hydrogens (tertiary/aromatic N) is 2. The third-order valence-corrected chi connectivity index (χ3v) is 5.35. The Labute approximate surface area is 159 Å². The molecule has 0 amide bonds. The van der Waals surface area contributed by atoms with Gasteiger partial charge in [0.1, 0.15) is 22.9 Å². The lowest BCUT2D eigenvalue weighted by atomic mass is 9.95. The monoisotopic (exact) mass is 385 g/mol. The zero-order valence-corrected chi connectivity index (χ0v) is 16.1. The van der Waals surface area contributed by atoms with Crippen LogP contribution in [-0.2, 0) is 10.1 Å². The summed E-state index contributed by atoms with van der Waals surface area (Å²) in [6.07, 6.45) is 9.19. The molecule has 7 heteroatoms. The average molecular weight is 385 g/mol. The van der Waals surface area contributed by atoms with Crippen LogP contribution in [-0.4, -0.2) is 30.1 Å². The highest BCUT2D eigenvalue weighted by Crippen LogP contribution is 2.32. The maximum absolute atomic E-state index is 11.3. The van der Waals surface area contributed by atoms with Crippen molar-refractivity contribution in [3.05, 3.63) is 48.7 Å². The van der Waals surface area contributed by atoms with Crippen LogP contribution in [0.25, 0.3) is 16.9 Å². The van der Waals surface area contributed by atoms with Crippen LogP contribution in [0.15, 0.2) is 48.7 Å². The standard InChI is InChI=1S/C20H23N3O3S/c1-27(24,25)26-17-12-10-15(11-13-17)19-20(21-16-7-3-2-4-8-16)23-14-6-5-9-18(23)22-19/h5-6,9-14,16,21H,2-4,7-8H2,1H3. The van der Waals surface area contributed by atoms with Crippen LogP contribution in [0.5, 0.6) is 5.75 Å². The van der Waals surface area contributed by atoms with Crippen molar-refractivity contribution >= 4 is 21.6 Å². The third-order valence-electron chi connectivity index (χ3n) is 4.85. The Bertz CT molecular complexity index is 1040. The largest absolute Gasteiger partial charge is 0.383 e. The zero-order valence-electron chi connectivity index (χ0n) is 15.3. The molecule has 0 unspecified atom stereocenters. The minimum absolute atomic E-state index is 0.298. The molecule has 0 atom stereocenters. The van der Waals surface area contributed by atoms with Crippen LogP contribution in [0.2, 0.25) is 0 Å². The lowest BCUT2D eigenvalue weighted by Crippen LogP contribution is -2.23. The molecule has 1 aliphatic rings. The van der Waals surface area contributed by atoms with Gasteiger partial charge in [-0.05, 0) is 49.2 Å². The third kappa shape index (κ3) is 4.08. The number of benzene rings is 1. The van der Waals surface area contributed by atoms with Gasteiger partial charge in [-0.15, -0.1) is 0 Å². The maximum atomic E-state index is 11.3. The topological polar surface area (TPSA) is 72.7 Å². The molecule has 2 aromatic heterocycles. The molecule has 27 heavy (non-hydrogen) atoms. The number of hydrogen-bond acceptors (Lipinski definition) is 5. The maximum Gasteiger partial charge on any atom is 0.306 e. The molecule has 4 rings (SSSR count). The lowest BCUT2D eigenvalue weighted by molar-refractivity contribution is 0.462. The number of nitrogens with one attached hydrogen (secondary N) is 1. The summed E-state index contributed by atoms with van der Waals surface area (Å²) in [6, 6.07) is 13.4. The van der Waals surface area contributed by atoms with Crippen molar-refractivity contribution in [2.75, 3.05) is 11.6 Å². The summed E-state index contributed by atoms with van der Waals surface area (Å²) in [6.45, 7) is 0. The van der Waals surface area contributed by atoms with Crippen molar-refractivity contribution < 1.29 is 12.6 Å². The van der Waals surface area contributed by atoms with Gasteiger partial charge in [0.05, 0.1) is 6.26 Å². The Balaban J connectivity index is 1.71. The van der Waals surface area contributed by atoms with Gasteiger partial charge in [0, 0.05) is 17.8 Å². The zero-order chi connectivity index (χ0) is 18.9. The van der Waals surface area contributed by atoms with E-state index in [4.69, 9.17) is 9.17 Å². The minimum Gasteiger partial charge on any atom is -0.383 e. The molecule has 0 spiro atoms. The van der Waals surface area contributed by atoms with E-state index >= 15 is 0 Å². The SMILES string of the molecule is CS(=O)(=O)Oc1ccc(-c2nc3ccccn3c2NC2CCCCC2)cc1. The molecule has 1 saturated carbocycles. The molecule has 0 aliphatic heterocycles. The van der Waals surface area contributed by atoms with Crippen LogP contribution in [0.1, 0.15) is 32.1 Å². The van der Waals surface area contributed by atoms with Crippen LogP contribution < -0.4 is 9.50 Å².